The predicted molar refractivity (Wildman–Crippen MR) is 140 cm³/mol. The van der Waals surface area contributed by atoms with Crippen LogP contribution in [0, 0.1) is 6.92 Å². The quantitative estimate of drug-likeness (QED) is 0.496. The zero-order valence-electron chi connectivity index (χ0n) is 20.7. The highest BCUT2D eigenvalue weighted by molar-refractivity contribution is 5.51. The van der Waals surface area contributed by atoms with Gasteiger partial charge in [0.2, 0.25) is 0 Å². The highest BCUT2D eigenvalue weighted by Crippen LogP contribution is 2.22. The minimum atomic E-state index is 0.947. The van der Waals surface area contributed by atoms with Gasteiger partial charge in [-0.3, -0.25) is 9.80 Å². The molecule has 2 heterocycles. The predicted octanol–water partition coefficient (Wildman–Crippen LogP) is 4.51. The third kappa shape index (κ3) is 7.12. The van der Waals surface area contributed by atoms with E-state index in [0.717, 1.165) is 31.9 Å². The molecular weight excluding hydrogens is 408 g/mol. The molecule has 2 aromatic carbocycles. The molecule has 0 radical (unpaired) electrons. The number of rotatable bonds is 10. The summed E-state index contributed by atoms with van der Waals surface area (Å²) < 4.78 is 5.38. The molecule has 0 unspecified atom stereocenters. The third-order valence-corrected chi connectivity index (χ3v) is 7.23. The highest BCUT2D eigenvalue weighted by Gasteiger charge is 2.18. The number of piperazine rings is 2. The molecule has 180 valence electrons. The Morgan fingerprint density at radius 2 is 1.15 bits per heavy atom. The van der Waals surface area contributed by atoms with Gasteiger partial charge in [-0.2, -0.15) is 0 Å². The first-order chi connectivity index (χ1) is 16.2. The van der Waals surface area contributed by atoms with Crippen LogP contribution < -0.4 is 14.5 Å². The lowest BCUT2D eigenvalue weighted by atomic mass is 10.1. The van der Waals surface area contributed by atoms with E-state index in [1.54, 1.807) is 7.11 Å². The normalized spacial score (nSPS) is 18.0. The number of anilines is 2. The number of aryl methyl sites for hydroxylation is 1. The summed E-state index contributed by atoms with van der Waals surface area (Å²) in [5.41, 5.74) is 4.03. The average Bonchev–Trinajstić information content (AvgIpc) is 2.87. The molecule has 4 rings (SSSR count). The molecule has 5 nitrogen and oxygen atoms in total. The first-order valence-corrected chi connectivity index (χ1v) is 12.9. The van der Waals surface area contributed by atoms with Gasteiger partial charge in [0.25, 0.3) is 0 Å². The standard InChI is InChI=1S/C28H42N4O/c1-25-9-7-10-26(23-25)31-19-15-29(16-20-31)13-5-3-4-6-14-30-17-21-32(22-18-30)27-11-8-12-28(24-27)33-2/h7-12,23-24H,3-6,13-22H2,1-2H3. The van der Waals surface area contributed by atoms with E-state index in [1.165, 1.54) is 81.9 Å². The topological polar surface area (TPSA) is 22.2 Å². The maximum absolute atomic E-state index is 5.38. The molecule has 5 heteroatoms. The molecule has 2 aliphatic rings. The van der Waals surface area contributed by atoms with Crippen molar-refractivity contribution >= 4 is 11.4 Å². The molecule has 2 aliphatic heterocycles. The van der Waals surface area contributed by atoms with Crippen LogP contribution in [0.5, 0.6) is 5.75 Å². The van der Waals surface area contributed by atoms with Crippen LogP contribution in [0.2, 0.25) is 0 Å². The monoisotopic (exact) mass is 450 g/mol. The Bertz CT molecular complexity index is 841. The van der Waals surface area contributed by atoms with Crippen molar-refractivity contribution in [3.05, 3.63) is 54.1 Å². The van der Waals surface area contributed by atoms with Crippen molar-refractivity contribution in [3.8, 4) is 5.75 Å². The van der Waals surface area contributed by atoms with Crippen molar-refractivity contribution in [2.24, 2.45) is 0 Å². The van der Waals surface area contributed by atoms with Gasteiger partial charge in [-0.15, -0.1) is 0 Å². The lowest BCUT2D eigenvalue weighted by Crippen LogP contribution is -2.46. The van der Waals surface area contributed by atoms with Crippen LogP contribution in [0.3, 0.4) is 0 Å². The van der Waals surface area contributed by atoms with Crippen molar-refractivity contribution < 1.29 is 4.74 Å². The van der Waals surface area contributed by atoms with Gasteiger partial charge in [-0.05, 0) is 62.7 Å². The van der Waals surface area contributed by atoms with E-state index in [1.807, 2.05) is 6.07 Å². The second kappa shape index (κ2) is 12.3. The van der Waals surface area contributed by atoms with Gasteiger partial charge >= 0.3 is 0 Å². The average molecular weight is 451 g/mol. The zero-order valence-corrected chi connectivity index (χ0v) is 20.7. The number of benzene rings is 2. The Balaban J connectivity index is 1.04. The number of ether oxygens (including phenoxy) is 1. The van der Waals surface area contributed by atoms with Crippen LogP contribution in [0.4, 0.5) is 11.4 Å². The Morgan fingerprint density at radius 3 is 1.67 bits per heavy atom. The molecule has 0 saturated carbocycles. The van der Waals surface area contributed by atoms with Crippen LogP contribution in [0.1, 0.15) is 31.2 Å². The molecule has 0 aliphatic carbocycles. The van der Waals surface area contributed by atoms with Gasteiger partial charge < -0.3 is 14.5 Å². The van der Waals surface area contributed by atoms with Crippen LogP contribution in [0.15, 0.2) is 48.5 Å². The SMILES string of the molecule is COc1cccc(N2CCN(CCCCCCN3CCN(c4cccc(C)c4)CC3)CC2)c1. The summed E-state index contributed by atoms with van der Waals surface area (Å²) in [4.78, 5) is 10.3. The van der Waals surface area contributed by atoms with E-state index in [-0.39, 0.29) is 0 Å². The van der Waals surface area contributed by atoms with E-state index < -0.39 is 0 Å². The van der Waals surface area contributed by atoms with Gasteiger partial charge in [0.1, 0.15) is 5.75 Å². The number of nitrogens with zero attached hydrogens (tertiary/aromatic N) is 4. The lowest BCUT2D eigenvalue weighted by molar-refractivity contribution is 0.242. The summed E-state index contributed by atoms with van der Waals surface area (Å²) in [5.74, 6) is 0.947. The van der Waals surface area contributed by atoms with E-state index in [2.05, 4.69) is 69.0 Å². The van der Waals surface area contributed by atoms with Crippen LogP contribution in [-0.2, 0) is 0 Å². The summed E-state index contributed by atoms with van der Waals surface area (Å²) in [6.45, 7) is 14.0. The molecule has 33 heavy (non-hydrogen) atoms. The van der Waals surface area contributed by atoms with Crippen LogP contribution in [-0.4, -0.2) is 82.4 Å². The van der Waals surface area contributed by atoms with E-state index in [9.17, 15) is 0 Å². The molecule has 2 aromatic rings. The second-order valence-corrected chi connectivity index (χ2v) is 9.61. The van der Waals surface area contributed by atoms with Gasteiger partial charge in [-0.25, -0.2) is 0 Å². The molecule has 0 spiro atoms. The van der Waals surface area contributed by atoms with E-state index in [4.69, 9.17) is 4.74 Å². The maximum Gasteiger partial charge on any atom is 0.120 e. The Hall–Kier alpha value is -2.24. The van der Waals surface area contributed by atoms with Crippen molar-refractivity contribution in [2.75, 3.05) is 82.4 Å². The van der Waals surface area contributed by atoms with E-state index in [0.29, 0.717) is 0 Å². The summed E-state index contributed by atoms with van der Waals surface area (Å²) >= 11 is 0. The number of hydrogen-bond donors (Lipinski definition) is 0. The summed E-state index contributed by atoms with van der Waals surface area (Å²) in [6, 6.07) is 17.4. The van der Waals surface area contributed by atoms with Crippen molar-refractivity contribution in [3.63, 3.8) is 0 Å². The Kier molecular flexibility index (Phi) is 8.90. The van der Waals surface area contributed by atoms with Crippen molar-refractivity contribution in [1.82, 2.24) is 9.80 Å². The zero-order chi connectivity index (χ0) is 22.9. The largest absolute Gasteiger partial charge is 0.497 e. The molecule has 2 fully saturated rings. The fourth-order valence-corrected chi connectivity index (χ4v) is 5.12. The lowest BCUT2D eigenvalue weighted by Gasteiger charge is -2.36. The second-order valence-electron chi connectivity index (χ2n) is 9.61. The molecular formula is C28H42N4O. The number of unbranched alkanes of at least 4 members (excludes halogenated alkanes) is 3. The van der Waals surface area contributed by atoms with Gasteiger partial charge in [0, 0.05) is 69.8 Å². The van der Waals surface area contributed by atoms with Gasteiger partial charge in [-0.1, -0.05) is 31.0 Å². The van der Waals surface area contributed by atoms with Gasteiger partial charge in [0.15, 0.2) is 0 Å². The van der Waals surface area contributed by atoms with Crippen LogP contribution >= 0.6 is 0 Å². The van der Waals surface area contributed by atoms with E-state index >= 15 is 0 Å². The molecule has 0 aromatic heterocycles. The summed E-state index contributed by atoms with van der Waals surface area (Å²) in [6.07, 6.45) is 5.40. The maximum atomic E-state index is 5.38. The molecule has 2 saturated heterocycles. The Morgan fingerprint density at radius 1 is 0.636 bits per heavy atom. The van der Waals surface area contributed by atoms with Crippen molar-refractivity contribution in [2.45, 2.75) is 32.6 Å². The van der Waals surface area contributed by atoms with Gasteiger partial charge in [0.05, 0.1) is 7.11 Å². The first-order valence-electron chi connectivity index (χ1n) is 12.9. The molecule has 0 atom stereocenters. The smallest absolute Gasteiger partial charge is 0.120 e. The molecule has 0 amide bonds. The highest BCUT2D eigenvalue weighted by atomic mass is 16.5. The third-order valence-electron chi connectivity index (χ3n) is 7.23. The fourth-order valence-electron chi connectivity index (χ4n) is 5.12. The number of methoxy groups -OCH3 is 1. The minimum Gasteiger partial charge on any atom is -0.497 e. The van der Waals surface area contributed by atoms with Crippen LogP contribution in [0.25, 0.3) is 0 Å². The minimum absolute atomic E-state index is 0.947. The molecule has 0 N–H and O–H groups in total. The Labute approximate surface area is 200 Å². The fraction of sp³-hybridized carbons (Fsp3) is 0.571. The number of hydrogen-bond acceptors (Lipinski definition) is 5. The molecule has 0 bridgehead atoms. The summed E-state index contributed by atoms with van der Waals surface area (Å²) in [5, 5.41) is 0. The first kappa shape index (κ1) is 23.9. The summed E-state index contributed by atoms with van der Waals surface area (Å²) in [7, 11) is 1.74. The van der Waals surface area contributed by atoms with Crippen molar-refractivity contribution in [1.29, 1.82) is 0 Å².